The molecule has 1 amide bonds. The quantitative estimate of drug-likeness (QED) is 0.784. The Morgan fingerprint density at radius 1 is 1.38 bits per heavy atom. The topological polar surface area (TPSA) is 62.2 Å². The van der Waals surface area contributed by atoms with E-state index in [-0.39, 0.29) is 11.7 Å². The molecule has 1 aromatic heterocycles. The Morgan fingerprint density at radius 2 is 2.06 bits per heavy atom. The zero-order chi connectivity index (χ0) is 11.5. The van der Waals surface area contributed by atoms with Crippen molar-refractivity contribution in [2.75, 3.05) is 5.32 Å². The number of carbonyl (C=O) groups is 1. The van der Waals surface area contributed by atoms with Gasteiger partial charge in [0.1, 0.15) is 10.6 Å². The molecular formula is C11H10N2O2S. The molecule has 1 aromatic carbocycles. The highest BCUT2D eigenvalue weighted by Crippen LogP contribution is 2.17. The van der Waals surface area contributed by atoms with Crippen molar-refractivity contribution >= 4 is 22.9 Å². The largest absolute Gasteiger partial charge is 0.508 e. The maximum absolute atomic E-state index is 11.8. The molecule has 2 rings (SSSR count). The molecule has 1 heterocycles. The number of nitrogens with one attached hydrogen (secondary N) is 1. The number of thiazole rings is 1. The van der Waals surface area contributed by atoms with E-state index in [9.17, 15) is 4.79 Å². The van der Waals surface area contributed by atoms with Crippen molar-refractivity contribution in [3.63, 3.8) is 0 Å². The van der Waals surface area contributed by atoms with Gasteiger partial charge in [-0.1, -0.05) is 0 Å². The van der Waals surface area contributed by atoms with Gasteiger partial charge in [0.15, 0.2) is 0 Å². The van der Waals surface area contributed by atoms with Gasteiger partial charge in [0.25, 0.3) is 5.91 Å². The van der Waals surface area contributed by atoms with E-state index in [4.69, 9.17) is 5.11 Å². The lowest BCUT2D eigenvalue weighted by Crippen LogP contribution is -2.11. The number of amides is 1. The highest BCUT2D eigenvalue weighted by atomic mass is 32.1. The first-order valence-electron chi connectivity index (χ1n) is 4.67. The van der Waals surface area contributed by atoms with Gasteiger partial charge < -0.3 is 10.4 Å². The van der Waals surface area contributed by atoms with Crippen LogP contribution in [0.2, 0.25) is 0 Å². The predicted molar refractivity (Wildman–Crippen MR) is 62.9 cm³/mol. The minimum atomic E-state index is -0.175. The average Bonchev–Trinajstić information content (AvgIpc) is 2.68. The van der Waals surface area contributed by atoms with E-state index in [2.05, 4.69) is 10.3 Å². The molecule has 0 aliphatic carbocycles. The van der Waals surface area contributed by atoms with Gasteiger partial charge in [-0.2, -0.15) is 0 Å². The van der Waals surface area contributed by atoms with Crippen molar-refractivity contribution in [2.24, 2.45) is 0 Å². The van der Waals surface area contributed by atoms with Crippen LogP contribution in [0.3, 0.4) is 0 Å². The lowest BCUT2D eigenvalue weighted by atomic mass is 10.3. The highest BCUT2D eigenvalue weighted by Gasteiger charge is 2.11. The summed E-state index contributed by atoms with van der Waals surface area (Å²) in [5.41, 5.74) is 3.01. The fourth-order valence-electron chi connectivity index (χ4n) is 1.25. The van der Waals surface area contributed by atoms with Gasteiger partial charge in [-0.25, -0.2) is 4.98 Å². The monoisotopic (exact) mass is 234 g/mol. The molecule has 0 unspecified atom stereocenters. The van der Waals surface area contributed by atoms with E-state index in [1.807, 2.05) is 0 Å². The molecule has 0 aliphatic heterocycles. The van der Waals surface area contributed by atoms with Gasteiger partial charge in [-0.05, 0) is 31.2 Å². The van der Waals surface area contributed by atoms with Crippen LogP contribution in [-0.4, -0.2) is 16.0 Å². The SMILES string of the molecule is Cc1ncsc1C(=O)Nc1ccc(O)cc1. The minimum Gasteiger partial charge on any atom is -0.508 e. The summed E-state index contributed by atoms with van der Waals surface area (Å²) in [6.07, 6.45) is 0. The number of benzene rings is 1. The number of aryl methyl sites for hydroxylation is 1. The Balaban J connectivity index is 2.14. The molecule has 2 N–H and O–H groups in total. The van der Waals surface area contributed by atoms with Crippen LogP contribution in [0, 0.1) is 6.92 Å². The van der Waals surface area contributed by atoms with Gasteiger partial charge in [0, 0.05) is 5.69 Å². The molecule has 0 atom stereocenters. The lowest BCUT2D eigenvalue weighted by molar-refractivity contribution is 0.103. The summed E-state index contributed by atoms with van der Waals surface area (Å²) in [6, 6.07) is 6.33. The summed E-state index contributed by atoms with van der Waals surface area (Å²) in [5, 5.41) is 11.8. The number of hydrogen-bond donors (Lipinski definition) is 2. The maximum Gasteiger partial charge on any atom is 0.267 e. The lowest BCUT2D eigenvalue weighted by Gasteiger charge is -2.03. The standard InChI is InChI=1S/C11H10N2O2S/c1-7-10(16-6-12-7)11(15)13-8-2-4-9(14)5-3-8/h2-6,14H,1H3,(H,13,15). The third-order valence-corrected chi connectivity index (χ3v) is 3.00. The molecule has 0 spiro atoms. The molecule has 0 bridgehead atoms. The number of nitrogens with zero attached hydrogens (tertiary/aromatic N) is 1. The number of anilines is 1. The molecule has 82 valence electrons. The predicted octanol–water partition coefficient (Wildman–Crippen LogP) is 2.41. The number of phenols is 1. The van der Waals surface area contributed by atoms with Crippen LogP contribution < -0.4 is 5.32 Å². The van der Waals surface area contributed by atoms with Crippen LogP contribution in [0.25, 0.3) is 0 Å². The van der Waals surface area contributed by atoms with E-state index in [1.165, 1.54) is 23.5 Å². The number of aromatic hydroxyl groups is 1. The van der Waals surface area contributed by atoms with Gasteiger partial charge in [0.05, 0.1) is 11.2 Å². The molecule has 16 heavy (non-hydrogen) atoms. The fraction of sp³-hybridized carbons (Fsp3) is 0.0909. The summed E-state index contributed by atoms with van der Waals surface area (Å²) in [4.78, 5) is 16.4. The first-order valence-corrected chi connectivity index (χ1v) is 5.55. The van der Waals surface area contributed by atoms with Crippen LogP contribution >= 0.6 is 11.3 Å². The molecular weight excluding hydrogens is 224 g/mol. The Labute approximate surface area is 96.6 Å². The molecule has 0 saturated carbocycles. The first-order chi connectivity index (χ1) is 7.66. The second-order valence-corrected chi connectivity index (χ2v) is 4.12. The van der Waals surface area contributed by atoms with Crippen LogP contribution in [0.4, 0.5) is 5.69 Å². The maximum atomic E-state index is 11.8. The summed E-state index contributed by atoms with van der Waals surface area (Å²) >= 11 is 1.31. The third-order valence-electron chi connectivity index (χ3n) is 2.08. The van der Waals surface area contributed by atoms with Crippen molar-refractivity contribution in [3.05, 3.63) is 40.3 Å². The van der Waals surface area contributed by atoms with Gasteiger partial charge in [-0.3, -0.25) is 4.79 Å². The normalized spacial score (nSPS) is 10.1. The fourth-order valence-corrected chi connectivity index (χ4v) is 1.95. The Morgan fingerprint density at radius 3 is 2.62 bits per heavy atom. The van der Waals surface area contributed by atoms with Crippen molar-refractivity contribution in [2.45, 2.75) is 6.92 Å². The van der Waals surface area contributed by atoms with Gasteiger partial charge in [-0.15, -0.1) is 11.3 Å². The smallest absolute Gasteiger partial charge is 0.267 e. The number of carbonyl (C=O) groups excluding carboxylic acids is 1. The highest BCUT2D eigenvalue weighted by molar-refractivity contribution is 7.12. The second kappa shape index (κ2) is 4.32. The second-order valence-electron chi connectivity index (χ2n) is 3.27. The third kappa shape index (κ3) is 2.20. The summed E-state index contributed by atoms with van der Waals surface area (Å²) in [5.74, 6) is -0.00217. The van der Waals surface area contributed by atoms with Crippen molar-refractivity contribution in [1.29, 1.82) is 0 Å². The van der Waals surface area contributed by atoms with E-state index in [0.717, 1.165) is 5.69 Å². The van der Waals surface area contributed by atoms with Crippen LogP contribution in [0.15, 0.2) is 29.8 Å². The molecule has 0 radical (unpaired) electrons. The Bertz CT molecular complexity index is 505. The molecule has 2 aromatic rings. The number of rotatable bonds is 2. The van der Waals surface area contributed by atoms with Gasteiger partial charge in [0.2, 0.25) is 0 Å². The van der Waals surface area contributed by atoms with E-state index in [1.54, 1.807) is 24.6 Å². The Hall–Kier alpha value is -1.88. The average molecular weight is 234 g/mol. The van der Waals surface area contributed by atoms with Crippen molar-refractivity contribution in [1.82, 2.24) is 4.98 Å². The summed E-state index contributed by atoms with van der Waals surface area (Å²) in [6.45, 7) is 1.79. The number of aromatic nitrogens is 1. The number of phenolic OH excluding ortho intramolecular Hbond substituents is 1. The molecule has 4 nitrogen and oxygen atoms in total. The minimum absolute atomic E-state index is 0.173. The van der Waals surface area contributed by atoms with Crippen molar-refractivity contribution in [3.8, 4) is 5.75 Å². The van der Waals surface area contributed by atoms with Crippen LogP contribution in [0.5, 0.6) is 5.75 Å². The summed E-state index contributed by atoms with van der Waals surface area (Å²) < 4.78 is 0. The molecule has 5 heteroatoms. The van der Waals surface area contributed by atoms with E-state index in [0.29, 0.717) is 10.6 Å². The number of hydrogen-bond acceptors (Lipinski definition) is 4. The van der Waals surface area contributed by atoms with Gasteiger partial charge >= 0.3 is 0 Å². The van der Waals surface area contributed by atoms with Crippen molar-refractivity contribution < 1.29 is 9.90 Å². The first kappa shape index (κ1) is 10.6. The van der Waals surface area contributed by atoms with Crippen LogP contribution in [0.1, 0.15) is 15.4 Å². The molecule has 0 fully saturated rings. The van der Waals surface area contributed by atoms with E-state index < -0.39 is 0 Å². The Kier molecular flexibility index (Phi) is 2.87. The molecule has 0 aliphatic rings. The van der Waals surface area contributed by atoms with Crippen LogP contribution in [-0.2, 0) is 0 Å². The molecule has 0 saturated heterocycles. The van der Waals surface area contributed by atoms with E-state index >= 15 is 0 Å². The zero-order valence-electron chi connectivity index (χ0n) is 8.60. The summed E-state index contributed by atoms with van der Waals surface area (Å²) in [7, 11) is 0. The zero-order valence-corrected chi connectivity index (χ0v) is 9.41.